The number of likely N-dealkylation sites (N-methyl/N-ethyl adjacent to an activating group) is 1. The van der Waals surface area contributed by atoms with E-state index in [-0.39, 0.29) is 5.75 Å². The molecule has 1 saturated heterocycles. The minimum absolute atomic E-state index is 0.142. The predicted octanol–water partition coefficient (Wildman–Crippen LogP) is 6.06. The SMILES string of the molecule is COc1cc(-c2ccc3ncc(CC4CC4)c(Nc4ccc(CN5CCN(C)CC5)cc4)c3c2)ccc1O. The van der Waals surface area contributed by atoms with E-state index in [0.717, 1.165) is 78.5 Å². The Kier molecular flexibility index (Phi) is 6.92. The second-order valence-electron chi connectivity index (χ2n) is 10.8. The molecule has 0 unspecified atom stereocenters. The van der Waals surface area contributed by atoms with Crippen molar-refractivity contribution in [3.63, 3.8) is 0 Å². The summed E-state index contributed by atoms with van der Waals surface area (Å²) >= 11 is 0. The summed E-state index contributed by atoms with van der Waals surface area (Å²) in [4.78, 5) is 9.75. The van der Waals surface area contributed by atoms with Gasteiger partial charge in [-0.05, 0) is 90.9 Å². The van der Waals surface area contributed by atoms with Crippen LogP contribution in [0.15, 0.2) is 66.9 Å². The van der Waals surface area contributed by atoms with Gasteiger partial charge in [0.05, 0.1) is 18.3 Å². The molecular formula is C32H36N4O2. The molecule has 1 aromatic heterocycles. The first-order chi connectivity index (χ1) is 18.6. The van der Waals surface area contributed by atoms with Gasteiger partial charge in [-0.15, -0.1) is 0 Å². The standard InChI is InChI=1S/C32H36N4O2/c1-35-13-15-36(16-14-35)21-23-5-9-27(10-6-23)34-32-26(17-22-3-4-22)20-33-29-11-7-24(18-28(29)32)25-8-12-30(37)31(19-25)38-2/h5-12,18-20,22,37H,3-4,13-17,21H2,1-2H3,(H,33,34). The van der Waals surface area contributed by atoms with Crippen molar-refractivity contribution in [1.29, 1.82) is 0 Å². The molecule has 2 heterocycles. The van der Waals surface area contributed by atoms with Gasteiger partial charge in [-0.25, -0.2) is 0 Å². The van der Waals surface area contributed by atoms with Gasteiger partial charge in [0, 0.05) is 50.0 Å². The molecule has 4 aromatic rings. The molecule has 196 valence electrons. The maximum atomic E-state index is 10.1. The van der Waals surface area contributed by atoms with Gasteiger partial charge in [0.25, 0.3) is 0 Å². The van der Waals surface area contributed by atoms with Crippen molar-refractivity contribution >= 4 is 22.3 Å². The van der Waals surface area contributed by atoms with Gasteiger partial charge in [0.15, 0.2) is 11.5 Å². The van der Waals surface area contributed by atoms with E-state index in [1.807, 2.05) is 18.3 Å². The summed E-state index contributed by atoms with van der Waals surface area (Å²) in [6.45, 7) is 5.52. The zero-order valence-electron chi connectivity index (χ0n) is 22.3. The van der Waals surface area contributed by atoms with Gasteiger partial charge < -0.3 is 20.1 Å². The van der Waals surface area contributed by atoms with Gasteiger partial charge in [-0.1, -0.05) is 24.3 Å². The van der Waals surface area contributed by atoms with Crippen molar-refractivity contribution in [3.8, 4) is 22.6 Å². The topological polar surface area (TPSA) is 60.9 Å². The zero-order chi connectivity index (χ0) is 26.1. The molecule has 0 radical (unpaired) electrons. The molecule has 38 heavy (non-hydrogen) atoms. The second kappa shape index (κ2) is 10.6. The maximum absolute atomic E-state index is 10.1. The number of hydrogen-bond donors (Lipinski definition) is 2. The number of nitrogens with one attached hydrogen (secondary N) is 1. The van der Waals surface area contributed by atoms with Crippen LogP contribution in [-0.2, 0) is 13.0 Å². The van der Waals surface area contributed by atoms with Gasteiger partial charge in [-0.2, -0.15) is 0 Å². The summed E-state index contributed by atoms with van der Waals surface area (Å²) < 4.78 is 5.35. The number of aromatic hydroxyl groups is 1. The average Bonchev–Trinajstić information content (AvgIpc) is 3.76. The Balaban J connectivity index is 1.31. The van der Waals surface area contributed by atoms with Gasteiger partial charge in [-0.3, -0.25) is 9.88 Å². The highest BCUT2D eigenvalue weighted by Crippen LogP contribution is 2.39. The molecule has 2 N–H and O–H groups in total. The van der Waals surface area contributed by atoms with E-state index in [9.17, 15) is 5.11 Å². The summed E-state index contributed by atoms with van der Waals surface area (Å²) in [7, 11) is 3.77. The lowest BCUT2D eigenvalue weighted by molar-refractivity contribution is 0.148. The lowest BCUT2D eigenvalue weighted by Gasteiger charge is -2.32. The average molecular weight is 509 g/mol. The summed E-state index contributed by atoms with van der Waals surface area (Å²) in [6, 6.07) is 20.8. The van der Waals surface area contributed by atoms with Crippen LogP contribution in [0.4, 0.5) is 11.4 Å². The van der Waals surface area contributed by atoms with Crippen LogP contribution in [0.25, 0.3) is 22.0 Å². The third-order valence-corrected chi connectivity index (χ3v) is 7.89. The Morgan fingerprint density at radius 2 is 1.68 bits per heavy atom. The van der Waals surface area contributed by atoms with E-state index in [0.29, 0.717) is 5.75 Å². The number of nitrogens with zero attached hydrogens (tertiary/aromatic N) is 3. The molecule has 6 rings (SSSR count). The number of phenolic OH excluding ortho intramolecular Hbond substituents is 1. The third kappa shape index (κ3) is 5.47. The molecule has 6 heteroatoms. The van der Waals surface area contributed by atoms with Crippen LogP contribution in [0.2, 0.25) is 0 Å². The van der Waals surface area contributed by atoms with E-state index in [1.165, 1.54) is 24.0 Å². The predicted molar refractivity (Wildman–Crippen MR) is 154 cm³/mol. The minimum Gasteiger partial charge on any atom is -0.504 e. The van der Waals surface area contributed by atoms with Crippen LogP contribution in [0.1, 0.15) is 24.0 Å². The minimum atomic E-state index is 0.142. The second-order valence-corrected chi connectivity index (χ2v) is 10.8. The molecule has 0 bridgehead atoms. The molecule has 0 atom stereocenters. The van der Waals surface area contributed by atoms with Crippen LogP contribution < -0.4 is 10.1 Å². The monoisotopic (exact) mass is 508 g/mol. The molecule has 2 fully saturated rings. The van der Waals surface area contributed by atoms with Crippen molar-refractivity contribution in [2.45, 2.75) is 25.8 Å². The quantitative estimate of drug-likeness (QED) is 0.302. The molecule has 1 aliphatic heterocycles. The molecule has 3 aromatic carbocycles. The van der Waals surface area contributed by atoms with Crippen molar-refractivity contribution in [1.82, 2.24) is 14.8 Å². The zero-order valence-corrected chi connectivity index (χ0v) is 22.3. The first-order valence-electron chi connectivity index (χ1n) is 13.6. The van der Waals surface area contributed by atoms with Gasteiger partial charge >= 0.3 is 0 Å². The van der Waals surface area contributed by atoms with E-state index in [1.54, 1.807) is 13.2 Å². The van der Waals surface area contributed by atoms with Crippen LogP contribution >= 0.6 is 0 Å². The van der Waals surface area contributed by atoms with Crippen molar-refractivity contribution < 1.29 is 9.84 Å². The van der Waals surface area contributed by atoms with Crippen LogP contribution in [0, 0.1) is 5.92 Å². The van der Waals surface area contributed by atoms with Gasteiger partial charge in [0.2, 0.25) is 0 Å². The fraction of sp³-hybridized carbons (Fsp3) is 0.344. The Hall–Kier alpha value is -3.61. The Bertz CT molecular complexity index is 1420. The number of phenols is 1. The number of anilines is 2. The molecule has 1 saturated carbocycles. The molecule has 0 spiro atoms. The Morgan fingerprint density at radius 3 is 2.42 bits per heavy atom. The first kappa shape index (κ1) is 24.7. The fourth-order valence-electron chi connectivity index (χ4n) is 5.31. The number of aromatic nitrogens is 1. The summed E-state index contributed by atoms with van der Waals surface area (Å²) in [6.07, 6.45) is 5.69. The van der Waals surface area contributed by atoms with Gasteiger partial charge in [0.1, 0.15) is 0 Å². The highest BCUT2D eigenvalue weighted by molar-refractivity contribution is 5.97. The molecule has 0 amide bonds. The normalized spacial score (nSPS) is 16.6. The number of ether oxygens (including phenoxy) is 1. The highest BCUT2D eigenvalue weighted by Gasteiger charge is 2.24. The lowest BCUT2D eigenvalue weighted by atomic mass is 9.99. The van der Waals surface area contributed by atoms with Crippen LogP contribution in [0.3, 0.4) is 0 Å². The third-order valence-electron chi connectivity index (χ3n) is 7.89. The number of methoxy groups -OCH3 is 1. The van der Waals surface area contributed by atoms with Crippen LogP contribution in [0.5, 0.6) is 11.5 Å². The van der Waals surface area contributed by atoms with E-state index in [2.05, 4.69) is 64.6 Å². The maximum Gasteiger partial charge on any atom is 0.161 e. The fourth-order valence-corrected chi connectivity index (χ4v) is 5.31. The molecule has 1 aliphatic carbocycles. The van der Waals surface area contributed by atoms with E-state index >= 15 is 0 Å². The van der Waals surface area contributed by atoms with E-state index < -0.39 is 0 Å². The highest BCUT2D eigenvalue weighted by atomic mass is 16.5. The molecule has 6 nitrogen and oxygen atoms in total. The van der Waals surface area contributed by atoms with E-state index in [4.69, 9.17) is 9.72 Å². The smallest absolute Gasteiger partial charge is 0.161 e. The Morgan fingerprint density at radius 1 is 0.947 bits per heavy atom. The number of fused-ring (bicyclic) bond motifs is 1. The number of piperazine rings is 1. The first-order valence-corrected chi connectivity index (χ1v) is 13.6. The number of hydrogen-bond acceptors (Lipinski definition) is 6. The molecule has 2 aliphatic rings. The lowest BCUT2D eigenvalue weighted by Crippen LogP contribution is -2.43. The number of benzene rings is 3. The summed E-state index contributed by atoms with van der Waals surface area (Å²) in [5.74, 6) is 1.37. The summed E-state index contributed by atoms with van der Waals surface area (Å²) in [5, 5.41) is 14.9. The van der Waals surface area contributed by atoms with Crippen LogP contribution in [-0.4, -0.2) is 60.2 Å². The number of pyridine rings is 1. The Labute approximate surface area is 224 Å². The largest absolute Gasteiger partial charge is 0.504 e. The van der Waals surface area contributed by atoms with Crippen molar-refractivity contribution in [2.75, 3.05) is 45.7 Å². The summed E-state index contributed by atoms with van der Waals surface area (Å²) in [5.41, 5.74) is 7.87. The van der Waals surface area contributed by atoms with Crippen molar-refractivity contribution in [2.24, 2.45) is 5.92 Å². The number of rotatable bonds is 8. The van der Waals surface area contributed by atoms with Crippen molar-refractivity contribution in [3.05, 3.63) is 78.0 Å². The molecular weight excluding hydrogens is 472 g/mol.